The van der Waals surface area contributed by atoms with Crippen LogP contribution >= 0.6 is 0 Å². The highest BCUT2D eigenvalue weighted by Gasteiger charge is 2.80. The number of rotatable bonds is 7. The Morgan fingerprint density at radius 2 is 1.76 bits per heavy atom. The summed E-state index contributed by atoms with van der Waals surface area (Å²) >= 11 is 0. The number of carbonyl (C=O) groups is 2. The summed E-state index contributed by atoms with van der Waals surface area (Å²) in [6.07, 6.45) is 10.7. The van der Waals surface area contributed by atoms with Crippen molar-refractivity contribution < 1.29 is 38.7 Å². The molecule has 0 aromatic rings. The standard InChI is InChI=1S/C36H57NO8/c1-21(38)43-31(33(4,5)41)25-9-7-23-26(44-25)17-24-22-8-10-27-32(2,3)28(45-30-19-37(15-16-42-30)18-29(39)40)11-12-36(27)20-35(22,36)14-13-34(23,24)6/h22-28,30-31,41H,7-20H2,1-6H3,(H,39,40)/t22?,23?,24?,25?,26?,27?,28-,30?,31-,34?,35-,36+/m0/s1. The molecule has 2 spiro atoms. The zero-order valence-electron chi connectivity index (χ0n) is 28.4. The Hall–Kier alpha value is -1.26. The fourth-order valence-electron chi connectivity index (χ4n) is 12.8. The Kier molecular flexibility index (Phi) is 7.81. The molecular weight excluding hydrogens is 574 g/mol. The zero-order chi connectivity index (χ0) is 32.2. The van der Waals surface area contributed by atoms with Crippen molar-refractivity contribution in [1.82, 2.24) is 4.90 Å². The van der Waals surface area contributed by atoms with Gasteiger partial charge in [0.05, 0.1) is 43.6 Å². The number of hydrogen-bond acceptors (Lipinski definition) is 8. The number of morpholine rings is 1. The molecule has 7 fully saturated rings. The van der Waals surface area contributed by atoms with Crippen LogP contribution in [0.15, 0.2) is 0 Å². The fraction of sp³-hybridized carbons (Fsp3) is 0.944. The molecule has 0 bridgehead atoms. The summed E-state index contributed by atoms with van der Waals surface area (Å²) < 4.78 is 25.2. The average molecular weight is 632 g/mol. The van der Waals surface area contributed by atoms with Gasteiger partial charge in [0.25, 0.3) is 0 Å². The molecule has 7 rings (SSSR count). The van der Waals surface area contributed by atoms with Gasteiger partial charge in [-0.2, -0.15) is 0 Å². The highest BCUT2D eigenvalue weighted by Crippen LogP contribution is 2.87. The van der Waals surface area contributed by atoms with E-state index in [-0.39, 0.29) is 47.9 Å². The molecule has 9 nitrogen and oxygen atoms in total. The van der Waals surface area contributed by atoms with Crippen LogP contribution in [0.2, 0.25) is 0 Å². The monoisotopic (exact) mass is 631 g/mol. The molecule has 254 valence electrons. The van der Waals surface area contributed by atoms with Gasteiger partial charge >= 0.3 is 11.9 Å². The predicted molar refractivity (Wildman–Crippen MR) is 166 cm³/mol. The largest absolute Gasteiger partial charge is 0.480 e. The van der Waals surface area contributed by atoms with Crippen LogP contribution in [0.3, 0.4) is 0 Å². The van der Waals surface area contributed by atoms with Crippen LogP contribution in [0.1, 0.15) is 106 Å². The normalized spacial score (nSPS) is 47.7. The van der Waals surface area contributed by atoms with Crippen molar-refractivity contribution in [2.24, 2.45) is 45.3 Å². The number of aliphatic hydroxyl groups is 1. The molecule has 0 aromatic carbocycles. The maximum atomic E-state index is 11.9. The van der Waals surface area contributed by atoms with Crippen molar-refractivity contribution in [3.63, 3.8) is 0 Å². The molecule has 5 saturated carbocycles. The molecule has 9 heteroatoms. The van der Waals surface area contributed by atoms with Crippen molar-refractivity contribution in [3.05, 3.63) is 0 Å². The highest BCUT2D eigenvalue weighted by atomic mass is 16.7. The van der Waals surface area contributed by atoms with E-state index in [9.17, 15) is 19.8 Å². The Bertz CT molecular complexity index is 1180. The van der Waals surface area contributed by atoms with Gasteiger partial charge in [0.15, 0.2) is 12.4 Å². The number of aliphatic carboxylic acids is 1. The molecular formula is C36H57NO8. The van der Waals surface area contributed by atoms with Crippen LogP contribution in [-0.2, 0) is 28.5 Å². The van der Waals surface area contributed by atoms with Crippen LogP contribution in [0, 0.1) is 45.3 Å². The second-order valence-corrected chi connectivity index (χ2v) is 17.6. The molecule has 8 unspecified atom stereocenters. The molecule has 12 atom stereocenters. The molecule has 0 radical (unpaired) electrons. The van der Waals surface area contributed by atoms with Crippen molar-refractivity contribution in [1.29, 1.82) is 0 Å². The third kappa shape index (κ3) is 5.03. The first kappa shape index (κ1) is 32.3. The van der Waals surface area contributed by atoms with E-state index in [1.807, 2.05) is 4.90 Å². The highest BCUT2D eigenvalue weighted by molar-refractivity contribution is 5.69. The topological polar surface area (TPSA) is 115 Å². The molecule has 7 aliphatic rings. The molecule has 45 heavy (non-hydrogen) atoms. The Morgan fingerprint density at radius 1 is 1.00 bits per heavy atom. The van der Waals surface area contributed by atoms with Crippen molar-refractivity contribution >= 4 is 11.9 Å². The number of esters is 1. The molecule has 0 amide bonds. The van der Waals surface area contributed by atoms with Gasteiger partial charge in [0.2, 0.25) is 0 Å². The lowest BCUT2D eigenvalue weighted by molar-refractivity contribution is -0.245. The third-order valence-electron chi connectivity index (χ3n) is 14.7. The van der Waals surface area contributed by atoms with E-state index >= 15 is 0 Å². The molecule has 2 aliphatic heterocycles. The summed E-state index contributed by atoms with van der Waals surface area (Å²) in [5.41, 5.74) is 0.000213. The van der Waals surface area contributed by atoms with Gasteiger partial charge in [-0.15, -0.1) is 0 Å². The number of nitrogens with zero attached hydrogens (tertiary/aromatic N) is 1. The number of carboxylic acids is 1. The van der Waals surface area contributed by atoms with Crippen LogP contribution in [-0.4, -0.2) is 89.6 Å². The summed E-state index contributed by atoms with van der Waals surface area (Å²) in [6, 6.07) is 0. The van der Waals surface area contributed by atoms with Crippen LogP contribution in [0.25, 0.3) is 0 Å². The second-order valence-electron chi connectivity index (χ2n) is 17.6. The average Bonchev–Trinajstić information content (AvgIpc) is 3.52. The number of carbonyl (C=O) groups excluding carboxylic acids is 1. The van der Waals surface area contributed by atoms with Gasteiger partial charge in [0, 0.05) is 13.5 Å². The predicted octanol–water partition coefficient (Wildman–Crippen LogP) is 5.02. The number of ether oxygens (including phenoxy) is 4. The number of carboxylic acid groups (broad SMARTS) is 1. The summed E-state index contributed by atoms with van der Waals surface area (Å²) in [7, 11) is 0. The minimum atomic E-state index is -1.16. The lowest BCUT2D eigenvalue weighted by Crippen LogP contribution is -2.56. The molecule has 5 aliphatic carbocycles. The maximum absolute atomic E-state index is 11.9. The Balaban J connectivity index is 1.05. The lowest BCUT2D eigenvalue weighted by atomic mass is 9.46. The van der Waals surface area contributed by atoms with Crippen LogP contribution < -0.4 is 0 Å². The molecule has 0 aromatic heterocycles. The molecule has 2 heterocycles. The van der Waals surface area contributed by atoms with E-state index in [1.54, 1.807) is 13.8 Å². The number of fused-ring (bicyclic) bond motifs is 4. The summed E-state index contributed by atoms with van der Waals surface area (Å²) in [4.78, 5) is 25.2. The van der Waals surface area contributed by atoms with E-state index in [0.29, 0.717) is 48.3 Å². The lowest BCUT2D eigenvalue weighted by Gasteiger charge is -2.60. The summed E-state index contributed by atoms with van der Waals surface area (Å²) in [5, 5.41) is 20.2. The van der Waals surface area contributed by atoms with Crippen LogP contribution in [0.4, 0.5) is 0 Å². The molecule has 2 saturated heterocycles. The van der Waals surface area contributed by atoms with Gasteiger partial charge in [-0.25, -0.2) is 0 Å². The van der Waals surface area contributed by atoms with E-state index < -0.39 is 17.7 Å². The summed E-state index contributed by atoms with van der Waals surface area (Å²) in [6.45, 7) is 14.0. The van der Waals surface area contributed by atoms with E-state index in [2.05, 4.69) is 20.8 Å². The molecule has 2 N–H and O–H groups in total. The number of hydrogen-bond donors (Lipinski definition) is 2. The SMILES string of the molecule is CC(=O)O[C@@H](C1CCC2C(CC3C4CCC5C(C)(C)[C@@H](OC6CN(CC(=O)O)CCO6)CC[C@@]56C[C@@]46CCC23C)O1)C(C)(C)O. The van der Waals surface area contributed by atoms with Gasteiger partial charge < -0.3 is 29.2 Å². The minimum Gasteiger partial charge on any atom is -0.480 e. The second kappa shape index (κ2) is 10.9. The Morgan fingerprint density at radius 3 is 2.47 bits per heavy atom. The van der Waals surface area contributed by atoms with E-state index in [0.717, 1.165) is 31.6 Å². The first-order valence-corrected chi connectivity index (χ1v) is 17.9. The third-order valence-corrected chi connectivity index (χ3v) is 14.7. The first-order valence-electron chi connectivity index (χ1n) is 17.9. The first-order chi connectivity index (χ1) is 21.1. The van der Waals surface area contributed by atoms with Gasteiger partial charge in [-0.3, -0.25) is 14.5 Å². The van der Waals surface area contributed by atoms with Gasteiger partial charge in [0.1, 0.15) is 0 Å². The van der Waals surface area contributed by atoms with Crippen LogP contribution in [0.5, 0.6) is 0 Å². The van der Waals surface area contributed by atoms with Crippen molar-refractivity contribution in [2.75, 3.05) is 26.2 Å². The maximum Gasteiger partial charge on any atom is 0.317 e. The summed E-state index contributed by atoms with van der Waals surface area (Å²) in [5.74, 6) is 1.37. The van der Waals surface area contributed by atoms with Gasteiger partial charge in [-0.05, 0) is 123 Å². The minimum absolute atomic E-state index is 0.0343. The van der Waals surface area contributed by atoms with Crippen molar-refractivity contribution in [2.45, 2.75) is 142 Å². The fourth-order valence-corrected chi connectivity index (χ4v) is 12.8. The zero-order valence-corrected chi connectivity index (χ0v) is 28.4. The van der Waals surface area contributed by atoms with Crippen molar-refractivity contribution in [3.8, 4) is 0 Å². The Labute approximate surface area is 269 Å². The van der Waals surface area contributed by atoms with E-state index in [1.165, 1.54) is 45.4 Å². The van der Waals surface area contributed by atoms with Gasteiger partial charge in [-0.1, -0.05) is 20.8 Å². The quantitative estimate of drug-likeness (QED) is 0.374. The van der Waals surface area contributed by atoms with E-state index in [4.69, 9.17) is 18.9 Å². The smallest absolute Gasteiger partial charge is 0.317 e.